The van der Waals surface area contributed by atoms with Gasteiger partial charge in [0, 0.05) is 43.8 Å². The Labute approximate surface area is 199 Å². The lowest BCUT2D eigenvalue weighted by Crippen LogP contribution is -2.29. The molecule has 5 N–H and O–H groups in total. The Balaban J connectivity index is 1.59. The smallest absolute Gasteiger partial charge is 0.251 e. The summed E-state index contributed by atoms with van der Waals surface area (Å²) in [7, 11) is 1.62. The summed E-state index contributed by atoms with van der Waals surface area (Å²) in [6.07, 6.45) is 0. The average molecular weight is 472 g/mol. The van der Waals surface area contributed by atoms with Crippen molar-refractivity contribution in [2.75, 3.05) is 66.4 Å². The van der Waals surface area contributed by atoms with Crippen LogP contribution in [0.1, 0.15) is 37.8 Å². The molecule has 9 heteroatoms. The fourth-order valence-electron chi connectivity index (χ4n) is 3.93. The number of aliphatic hydroxyl groups is 1. The third-order valence-corrected chi connectivity index (χ3v) is 5.62. The van der Waals surface area contributed by atoms with E-state index in [9.17, 15) is 14.7 Å². The van der Waals surface area contributed by atoms with Crippen LogP contribution in [0.3, 0.4) is 0 Å². The number of nitrogens with two attached hydrogens (primary N) is 1. The molecule has 3 rings (SSSR count). The molecule has 1 unspecified atom stereocenters. The number of rotatable bonds is 14. The minimum Gasteiger partial charge on any atom is -0.395 e. The lowest BCUT2D eigenvalue weighted by Gasteiger charge is -2.12. The third-order valence-electron chi connectivity index (χ3n) is 5.62. The Kier molecular flexibility index (Phi) is 9.99. The van der Waals surface area contributed by atoms with Crippen LogP contribution in [0.5, 0.6) is 0 Å². The van der Waals surface area contributed by atoms with E-state index in [1.54, 1.807) is 25.3 Å². The van der Waals surface area contributed by atoms with Crippen LogP contribution in [-0.2, 0) is 14.2 Å². The lowest BCUT2D eigenvalue weighted by atomic mass is 9.95. The van der Waals surface area contributed by atoms with E-state index in [1.165, 1.54) is 0 Å². The van der Waals surface area contributed by atoms with Crippen LogP contribution in [0.25, 0.3) is 11.1 Å². The van der Waals surface area contributed by atoms with Gasteiger partial charge in [-0.25, -0.2) is 0 Å². The van der Waals surface area contributed by atoms with Crippen molar-refractivity contribution in [3.8, 4) is 11.1 Å². The zero-order chi connectivity index (χ0) is 24.3. The van der Waals surface area contributed by atoms with Crippen molar-refractivity contribution in [3.63, 3.8) is 0 Å². The number of carbonyl (C=O) groups is 2. The predicted molar refractivity (Wildman–Crippen MR) is 128 cm³/mol. The van der Waals surface area contributed by atoms with Crippen molar-refractivity contribution in [1.29, 1.82) is 0 Å². The molecule has 0 radical (unpaired) electrons. The molecule has 0 aromatic heterocycles. The van der Waals surface area contributed by atoms with Gasteiger partial charge in [0.15, 0.2) is 0 Å². The zero-order valence-corrected chi connectivity index (χ0v) is 19.5. The first-order chi connectivity index (χ1) is 16.6. The summed E-state index contributed by atoms with van der Waals surface area (Å²) in [6.45, 7) is 3.37. The topological polar surface area (TPSA) is 132 Å². The molecule has 0 fully saturated rings. The fourth-order valence-corrected chi connectivity index (χ4v) is 3.93. The van der Waals surface area contributed by atoms with Crippen molar-refractivity contribution in [2.24, 2.45) is 5.73 Å². The molecule has 1 aliphatic rings. The molecule has 1 aliphatic carbocycles. The predicted octanol–water partition coefficient (Wildman–Crippen LogP) is 0.889. The van der Waals surface area contributed by atoms with E-state index in [2.05, 4.69) is 10.6 Å². The van der Waals surface area contributed by atoms with Gasteiger partial charge in [-0.1, -0.05) is 12.1 Å². The number of benzene rings is 2. The Bertz CT molecular complexity index is 981. The Morgan fingerprint density at radius 2 is 1.38 bits per heavy atom. The summed E-state index contributed by atoms with van der Waals surface area (Å²) in [6, 6.07) is 10.9. The molecular formula is C25H33N3O6. The highest BCUT2D eigenvalue weighted by Crippen LogP contribution is 2.45. The van der Waals surface area contributed by atoms with Crippen LogP contribution >= 0.6 is 0 Å². The molecule has 0 saturated heterocycles. The van der Waals surface area contributed by atoms with E-state index in [4.69, 9.17) is 19.9 Å². The van der Waals surface area contributed by atoms with Gasteiger partial charge >= 0.3 is 0 Å². The fraction of sp³-hybridized carbons (Fsp3) is 0.440. The SMILES string of the molecule is COCCOCCOCCNC(=O)c1ccc2c(c1)C(CO)c1cc(C(=O)NCCN)ccc1-2. The summed E-state index contributed by atoms with van der Waals surface area (Å²) in [5, 5.41) is 15.7. The number of ether oxygens (including phenoxy) is 3. The van der Waals surface area contributed by atoms with Gasteiger partial charge in [-0.3, -0.25) is 9.59 Å². The second-order valence-electron chi connectivity index (χ2n) is 7.86. The van der Waals surface area contributed by atoms with Crippen LogP contribution in [0.2, 0.25) is 0 Å². The second-order valence-corrected chi connectivity index (χ2v) is 7.86. The highest BCUT2D eigenvalue weighted by Gasteiger charge is 2.29. The van der Waals surface area contributed by atoms with Gasteiger partial charge < -0.3 is 35.7 Å². The summed E-state index contributed by atoms with van der Waals surface area (Å²) < 4.78 is 15.7. The maximum atomic E-state index is 12.6. The maximum absolute atomic E-state index is 12.6. The molecule has 0 saturated carbocycles. The number of aliphatic hydroxyl groups excluding tert-OH is 1. The molecular weight excluding hydrogens is 438 g/mol. The van der Waals surface area contributed by atoms with Gasteiger partial charge in [-0.2, -0.15) is 0 Å². The summed E-state index contributed by atoms with van der Waals surface area (Å²) in [5.74, 6) is -0.719. The van der Waals surface area contributed by atoms with Crippen LogP contribution in [0, 0.1) is 0 Å². The molecule has 9 nitrogen and oxygen atoms in total. The lowest BCUT2D eigenvalue weighted by molar-refractivity contribution is 0.0255. The van der Waals surface area contributed by atoms with E-state index in [0.717, 1.165) is 22.3 Å². The van der Waals surface area contributed by atoms with Gasteiger partial charge in [-0.05, 0) is 46.5 Å². The highest BCUT2D eigenvalue weighted by molar-refractivity contribution is 5.97. The highest BCUT2D eigenvalue weighted by atomic mass is 16.5. The number of hydrogen-bond acceptors (Lipinski definition) is 7. The molecule has 0 bridgehead atoms. The molecule has 2 aromatic rings. The van der Waals surface area contributed by atoms with E-state index in [1.807, 2.05) is 18.2 Å². The number of nitrogens with one attached hydrogen (secondary N) is 2. The van der Waals surface area contributed by atoms with Crippen LogP contribution in [0.4, 0.5) is 0 Å². The summed E-state index contributed by atoms with van der Waals surface area (Å²) >= 11 is 0. The molecule has 2 aromatic carbocycles. The van der Waals surface area contributed by atoms with Gasteiger partial charge in [0.25, 0.3) is 11.8 Å². The first-order valence-electron chi connectivity index (χ1n) is 11.4. The second kappa shape index (κ2) is 13.2. The largest absolute Gasteiger partial charge is 0.395 e. The first-order valence-corrected chi connectivity index (χ1v) is 11.4. The van der Waals surface area contributed by atoms with E-state index >= 15 is 0 Å². The molecule has 1 atom stereocenters. The van der Waals surface area contributed by atoms with Crippen molar-refractivity contribution in [1.82, 2.24) is 10.6 Å². The van der Waals surface area contributed by atoms with E-state index in [0.29, 0.717) is 63.8 Å². The first kappa shape index (κ1) is 25.8. The summed E-state index contributed by atoms with van der Waals surface area (Å²) in [5.41, 5.74) is 10.1. The quantitative estimate of drug-likeness (QED) is 0.301. The van der Waals surface area contributed by atoms with Gasteiger partial charge in [0.05, 0.1) is 39.6 Å². The maximum Gasteiger partial charge on any atom is 0.251 e. The monoisotopic (exact) mass is 471 g/mol. The molecule has 34 heavy (non-hydrogen) atoms. The number of methoxy groups -OCH3 is 1. The number of hydrogen-bond donors (Lipinski definition) is 4. The average Bonchev–Trinajstić information content (AvgIpc) is 3.18. The van der Waals surface area contributed by atoms with Gasteiger partial charge in [0.1, 0.15) is 0 Å². The van der Waals surface area contributed by atoms with Crippen LogP contribution in [-0.4, -0.2) is 83.3 Å². The van der Waals surface area contributed by atoms with E-state index < -0.39 is 0 Å². The van der Waals surface area contributed by atoms with Crippen molar-refractivity contribution in [3.05, 3.63) is 58.7 Å². The number of amides is 2. The van der Waals surface area contributed by atoms with Gasteiger partial charge in [0.2, 0.25) is 0 Å². The normalized spacial score (nSPS) is 13.9. The van der Waals surface area contributed by atoms with Crippen LogP contribution in [0.15, 0.2) is 36.4 Å². The van der Waals surface area contributed by atoms with Crippen molar-refractivity contribution in [2.45, 2.75) is 5.92 Å². The number of fused-ring (bicyclic) bond motifs is 3. The molecule has 0 spiro atoms. The Hall–Kier alpha value is -2.82. The molecule has 0 aliphatic heterocycles. The minimum absolute atomic E-state index is 0.126. The van der Waals surface area contributed by atoms with E-state index in [-0.39, 0.29) is 24.3 Å². The van der Waals surface area contributed by atoms with Gasteiger partial charge in [-0.15, -0.1) is 0 Å². The zero-order valence-electron chi connectivity index (χ0n) is 19.5. The molecule has 0 heterocycles. The third kappa shape index (κ3) is 6.40. The van der Waals surface area contributed by atoms with Crippen molar-refractivity contribution >= 4 is 11.8 Å². The van der Waals surface area contributed by atoms with Crippen molar-refractivity contribution < 1.29 is 28.9 Å². The minimum atomic E-state index is -0.304. The molecule has 184 valence electrons. The number of carbonyl (C=O) groups excluding carboxylic acids is 2. The molecule has 2 amide bonds. The summed E-state index contributed by atoms with van der Waals surface area (Å²) in [4.78, 5) is 25.0. The standard InChI is InChI=1S/C25H33N3O6/c1-32-10-11-34-13-12-33-9-8-28-25(31)18-3-5-20-19-4-2-17(24(30)27-7-6-26)14-21(19)23(16-29)22(20)15-18/h2-5,14-15,23,29H,6-13,16,26H2,1H3,(H,27,30)(H,28,31). The Morgan fingerprint density at radius 3 is 1.91 bits per heavy atom. The Morgan fingerprint density at radius 1 is 0.853 bits per heavy atom. The van der Waals surface area contributed by atoms with Crippen LogP contribution < -0.4 is 16.4 Å².